The summed E-state index contributed by atoms with van der Waals surface area (Å²) in [6.07, 6.45) is 3.40. The van der Waals surface area contributed by atoms with Crippen LogP contribution in [0.5, 0.6) is 0 Å². The molecule has 0 amide bonds. The van der Waals surface area contributed by atoms with Gasteiger partial charge in [0, 0.05) is 29.6 Å². The van der Waals surface area contributed by atoms with E-state index in [0.29, 0.717) is 12.1 Å². The van der Waals surface area contributed by atoms with Gasteiger partial charge >= 0.3 is 0 Å². The molecule has 0 bridgehead atoms. The van der Waals surface area contributed by atoms with Crippen molar-refractivity contribution in [3.05, 3.63) is 28.2 Å². The van der Waals surface area contributed by atoms with Crippen LogP contribution in [0.3, 0.4) is 0 Å². The average molecular weight is 349 g/mol. The summed E-state index contributed by atoms with van der Waals surface area (Å²) in [6, 6.07) is 9.28. The number of likely N-dealkylation sites (tertiary alicyclic amines) is 1. The fraction of sp³-hybridized carbons (Fsp3) is 0.562. The van der Waals surface area contributed by atoms with Crippen LogP contribution in [0.15, 0.2) is 22.7 Å². The summed E-state index contributed by atoms with van der Waals surface area (Å²) in [5.74, 6) is 0. The van der Waals surface area contributed by atoms with Crippen molar-refractivity contribution in [3.63, 3.8) is 0 Å². The molecule has 5 heteroatoms. The van der Waals surface area contributed by atoms with E-state index in [0.717, 1.165) is 54.7 Å². The van der Waals surface area contributed by atoms with Crippen LogP contribution in [0, 0.1) is 11.3 Å². The fourth-order valence-electron chi connectivity index (χ4n) is 3.42. The van der Waals surface area contributed by atoms with Crippen molar-refractivity contribution in [3.8, 4) is 6.07 Å². The van der Waals surface area contributed by atoms with E-state index < -0.39 is 0 Å². The molecule has 1 unspecified atom stereocenters. The third-order valence-corrected chi connectivity index (χ3v) is 5.17. The molecular weight excluding hydrogens is 328 g/mol. The first kappa shape index (κ1) is 14.8. The van der Waals surface area contributed by atoms with E-state index in [-0.39, 0.29) is 0 Å². The number of nitrogens with two attached hydrogens (primary N) is 1. The summed E-state index contributed by atoms with van der Waals surface area (Å²) in [4.78, 5) is 4.93. The zero-order chi connectivity index (χ0) is 14.8. The number of hydrogen-bond donors (Lipinski definition) is 1. The number of anilines is 1. The second kappa shape index (κ2) is 6.35. The molecule has 1 aromatic carbocycles. The first-order valence-corrected chi connectivity index (χ1v) is 8.41. The van der Waals surface area contributed by atoms with Crippen molar-refractivity contribution < 1.29 is 0 Å². The lowest BCUT2D eigenvalue weighted by Crippen LogP contribution is -2.46. The Labute approximate surface area is 134 Å². The Bertz CT molecular complexity index is 546. The lowest BCUT2D eigenvalue weighted by atomic mass is 10.0. The van der Waals surface area contributed by atoms with Crippen LogP contribution in [-0.2, 0) is 0 Å². The van der Waals surface area contributed by atoms with Crippen molar-refractivity contribution in [2.75, 3.05) is 31.1 Å². The van der Waals surface area contributed by atoms with E-state index in [1.807, 2.05) is 12.1 Å². The molecule has 4 nitrogen and oxygen atoms in total. The van der Waals surface area contributed by atoms with E-state index in [4.69, 9.17) is 5.73 Å². The first-order valence-electron chi connectivity index (χ1n) is 7.61. The molecule has 0 radical (unpaired) electrons. The monoisotopic (exact) mass is 348 g/mol. The van der Waals surface area contributed by atoms with Crippen LogP contribution in [0.2, 0.25) is 0 Å². The van der Waals surface area contributed by atoms with Crippen molar-refractivity contribution in [1.29, 1.82) is 5.26 Å². The Kier molecular flexibility index (Phi) is 4.48. The Hall–Kier alpha value is -1.09. The molecule has 2 fully saturated rings. The van der Waals surface area contributed by atoms with Gasteiger partial charge < -0.3 is 10.6 Å². The zero-order valence-electron chi connectivity index (χ0n) is 12.1. The van der Waals surface area contributed by atoms with Crippen molar-refractivity contribution in [1.82, 2.24) is 4.90 Å². The van der Waals surface area contributed by atoms with Gasteiger partial charge in [0.25, 0.3) is 0 Å². The van der Waals surface area contributed by atoms with Gasteiger partial charge in [-0.25, -0.2) is 0 Å². The smallest absolute Gasteiger partial charge is 0.101 e. The van der Waals surface area contributed by atoms with E-state index in [2.05, 4.69) is 37.9 Å². The van der Waals surface area contributed by atoms with E-state index in [9.17, 15) is 5.26 Å². The van der Waals surface area contributed by atoms with Crippen LogP contribution in [0.25, 0.3) is 0 Å². The van der Waals surface area contributed by atoms with Gasteiger partial charge in [0.05, 0.1) is 11.3 Å². The SMILES string of the molecule is N#Cc1cc(Br)ccc1N1CCC(N2CCC(N)CC2)C1. The maximum absolute atomic E-state index is 9.33. The maximum atomic E-state index is 9.33. The number of rotatable bonds is 2. The second-order valence-corrected chi connectivity index (χ2v) is 6.95. The second-order valence-electron chi connectivity index (χ2n) is 6.04. The Morgan fingerprint density at radius 3 is 2.67 bits per heavy atom. The Morgan fingerprint density at radius 2 is 1.95 bits per heavy atom. The van der Waals surface area contributed by atoms with Gasteiger partial charge in [0.2, 0.25) is 0 Å². The van der Waals surface area contributed by atoms with Crippen LogP contribution in [0.4, 0.5) is 5.69 Å². The maximum Gasteiger partial charge on any atom is 0.101 e. The summed E-state index contributed by atoms with van der Waals surface area (Å²) in [6.45, 7) is 4.28. The number of piperidine rings is 1. The van der Waals surface area contributed by atoms with Crippen LogP contribution in [0.1, 0.15) is 24.8 Å². The Balaban J connectivity index is 1.69. The predicted octanol–water partition coefficient (Wildman–Crippen LogP) is 2.32. The third kappa shape index (κ3) is 3.23. The molecule has 0 aliphatic carbocycles. The van der Waals surface area contributed by atoms with Crippen molar-refractivity contribution in [2.24, 2.45) is 5.73 Å². The minimum absolute atomic E-state index is 0.385. The lowest BCUT2D eigenvalue weighted by Gasteiger charge is -2.34. The van der Waals surface area contributed by atoms with Crippen molar-refractivity contribution in [2.45, 2.75) is 31.3 Å². The minimum Gasteiger partial charge on any atom is -0.369 e. The van der Waals surface area contributed by atoms with Crippen LogP contribution in [-0.4, -0.2) is 43.2 Å². The molecule has 0 spiro atoms. The van der Waals surface area contributed by atoms with E-state index in [1.165, 1.54) is 6.42 Å². The highest BCUT2D eigenvalue weighted by Crippen LogP contribution is 2.29. The topological polar surface area (TPSA) is 56.3 Å². The van der Waals surface area contributed by atoms with Gasteiger partial charge in [-0.05, 0) is 50.6 Å². The molecule has 2 N–H and O–H groups in total. The average Bonchev–Trinajstić information content (AvgIpc) is 2.97. The zero-order valence-corrected chi connectivity index (χ0v) is 13.7. The van der Waals surface area contributed by atoms with Crippen LogP contribution >= 0.6 is 15.9 Å². The van der Waals surface area contributed by atoms with Crippen molar-refractivity contribution >= 4 is 21.6 Å². The standard InChI is InChI=1S/C16H21BrN4/c17-13-1-2-16(12(9-13)10-18)21-8-5-15(11-21)20-6-3-14(19)4-7-20/h1-2,9,14-15H,3-8,11,19H2. The molecule has 112 valence electrons. The van der Waals surface area contributed by atoms with E-state index >= 15 is 0 Å². The molecule has 0 saturated carbocycles. The molecule has 1 aromatic rings. The number of halogens is 1. The molecule has 2 aliphatic heterocycles. The summed E-state index contributed by atoms with van der Waals surface area (Å²) in [5, 5.41) is 9.33. The summed E-state index contributed by atoms with van der Waals surface area (Å²) in [7, 11) is 0. The molecule has 0 aromatic heterocycles. The summed E-state index contributed by atoms with van der Waals surface area (Å²) < 4.78 is 0.962. The van der Waals surface area contributed by atoms with Gasteiger partial charge in [-0.3, -0.25) is 4.90 Å². The van der Waals surface area contributed by atoms with Gasteiger partial charge in [-0.15, -0.1) is 0 Å². The lowest BCUT2D eigenvalue weighted by molar-refractivity contribution is 0.163. The highest BCUT2D eigenvalue weighted by atomic mass is 79.9. The normalized spacial score (nSPS) is 24.2. The molecule has 1 atom stereocenters. The predicted molar refractivity (Wildman–Crippen MR) is 88.3 cm³/mol. The summed E-state index contributed by atoms with van der Waals surface area (Å²) in [5.41, 5.74) is 7.81. The summed E-state index contributed by atoms with van der Waals surface area (Å²) >= 11 is 3.44. The van der Waals surface area contributed by atoms with Gasteiger partial charge in [-0.2, -0.15) is 5.26 Å². The molecule has 2 aliphatic rings. The molecule has 3 rings (SSSR count). The van der Waals surface area contributed by atoms with E-state index in [1.54, 1.807) is 0 Å². The fourth-order valence-corrected chi connectivity index (χ4v) is 3.78. The number of benzene rings is 1. The number of hydrogen-bond acceptors (Lipinski definition) is 4. The van der Waals surface area contributed by atoms with Gasteiger partial charge in [-0.1, -0.05) is 15.9 Å². The Morgan fingerprint density at radius 1 is 1.19 bits per heavy atom. The highest BCUT2D eigenvalue weighted by molar-refractivity contribution is 9.10. The van der Waals surface area contributed by atoms with Gasteiger partial charge in [0.1, 0.15) is 6.07 Å². The molecule has 2 heterocycles. The minimum atomic E-state index is 0.385. The third-order valence-electron chi connectivity index (χ3n) is 4.67. The number of nitriles is 1. The highest BCUT2D eigenvalue weighted by Gasteiger charge is 2.30. The number of nitrogens with zero attached hydrogens (tertiary/aromatic N) is 3. The van der Waals surface area contributed by atoms with Crippen LogP contribution < -0.4 is 10.6 Å². The molecular formula is C16H21BrN4. The molecule has 2 saturated heterocycles. The first-order chi connectivity index (χ1) is 10.2. The molecule has 21 heavy (non-hydrogen) atoms. The largest absolute Gasteiger partial charge is 0.369 e. The quantitative estimate of drug-likeness (QED) is 0.890. The van der Waals surface area contributed by atoms with Gasteiger partial charge in [0.15, 0.2) is 0 Å².